The number of amides is 1. The number of allylic oxidation sites excluding steroid dienone is 1. The van der Waals surface area contributed by atoms with Crippen LogP contribution >= 0.6 is 0 Å². The Morgan fingerprint density at radius 1 is 1.19 bits per heavy atom. The molecule has 1 N–H and O–H groups in total. The summed E-state index contributed by atoms with van der Waals surface area (Å²) in [5.41, 5.74) is 0.647. The average molecular weight is 524 g/mol. The summed E-state index contributed by atoms with van der Waals surface area (Å²) in [6.45, 7) is 15.5. The van der Waals surface area contributed by atoms with E-state index < -0.39 is 14.4 Å². The van der Waals surface area contributed by atoms with Crippen molar-refractivity contribution in [3.63, 3.8) is 0 Å². The largest absolute Gasteiger partial charge is 0.413 e. The van der Waals surface area contributed by atoms with Gasteiger partial charge in [0, 0.05) is 38.7 Å². The minimum absolute atomic E-state index is 0.0380. The summed E-state index contributed by atoms with van der Waals surface area (Å²) in [5, 5.41) is 3.03. The molecule has 0 aromatic heterocycles. The van der Waals surface area contributed by atoms with E-state index in [1.165, 1.54) is 19.3 Å². The third-order valence-corrected chi connectivity index (χ3v) is 12.3. The first-order chi connectivity index (χ1) is 16.9. The first-order valence-electron chi connectivity index (χ1n) is 13.8. The maximum Gasteiger partial charge on any atom is 0.220 e. The Morgan fingerprint density at radius 2 is 1.89 bits per heavy atom. The number of Topliss-reactive ketones (excluding diaryl/α,β-unsaturated/α-hetero) is 1. The van der Waals surface area contributed by atoms with Crippen LogP contribution in [-0.2, 0) is 23.5 Å². The molecule has 0 unspecified atom stereocenters. The van der Waals surface area contributed by atoms with Gasteiger partial charge in [-0.1, -0.05) is 72.1 Å². The normalized spacial score (nSPS) is 20.9. The fourth-order valence-electron chi connectivity index (χ4n) is 4.12. The van der Waals surface area contributed by atoms with Crippen molar-refractivity contribution < 1.29 is 23.5 Å². The predicted octanol–water partition coefficient (Wildman–Crippen LogP) is 6.37. The van der Waals surface area contributed by atoms with Gasteiger partial charge in [0.1, 0.15) is 6.10 Å². The third kappa shape index (κ3) is 10.6. The lowest BCUT2D eigenvalue weighted by atomic mass is 9.84. The fraction of sp³-hybridized carbons (Fsp3) is 0.793. The van der Waals surface area contributed by atoms with Crippen LogP contribution < -0.4 is 5.32 Å². The van der Waals surface area contributed by atoms with Gasteiger partial charge in [0.25, 0.3) is 0 Å². The molecule has 1 rings (SSSR count). The molecule has 0 radical (unpaired) electrons. The quantitative estimate of drug-likeness (QED) is 0.145. The second kappa shape index (κ2) is 15.9. The van der Waals surface area contributed by atoms with Gasteiger partial charge >= 0.3 is 0 Å². The van der Waals surface area contributed by atoms with Crippen molar-refractivity contribution in [1.29, 1.82) is 0 Å². The summed E-state index contributed by atoms with van der Waals surface area (Å²) in [6.07, 6.45) is 13.2. The molecular weight excluding hydrogens is 470 g/mol. The van der Waals surface area contributed by atoms with Gasteiger partial charge in [0.2, 0.25) is 5.91 Å². The van der Waals surface area contributed by atoms with Gasteiger partial charge in [-0.25, -0.2) is 0 Å². The van der Waals surface area contributed by atoms with E-state index in [-0.39, 0.29) is 34.9 Å². The van der Waals surface area contributed by atoms with Gasteiger partial charge in [-0.15, -0.1) is 0 Å². The number of hydrogen-bond donors (Lipinski definition) is 1. The molecule has 0 spiro atoms. The first-order valence-corrected chi connectivity index (χ1v) is 16.7. The maximum atomic E-state index is 13.2. The van der Waals surface area contributed by atoms with E-state index in [0.29, 0.717) is 31.4 Å². The van der Waals surface area contributed by atoms with Gasteiger partial charge in [0.15, 0.2) is 14.1 Å². The van der Waals surface area contributed by atoms with Crippen molar-refractivity contribution in [3.05, 3.63) is 23.8 Å². The highest BCUT2D eigenvalue weighted by atomic mass is 28.4. The molecule has 1 aliphatic rings. The van der Waals surface area contributed by atoms with Crippen LogP contribution in [0, 0.1) is 5.92 Å². The molecule has 0 fully saturated rings. The van der Waals surface area contributed by atoms with E-state index in [4.69, 9.17) is 13.9 Å². The van der Waals surface area contributed by atoms with Gasteiger partial charge < -0.3 is 19.2 Å². The molecule has 0 saturated heterocycles. The van der Waals surface area contributed by atoms with Crippen molar-refractivity contribution >= 4 is 20.0 Å². The van der Waals surface area contributed by atoms with E-state index in [9.17, 15) is 9.59 Å². The topological polar surface area (TPSA) is 73.9 Å². The van der Waals surface area contributed by atoms with E-state index in [1.54, 1.807) is 14.2 Å². The van der Waals surface area contributed by atoms with Gasteiger partial charge in [-0.3, -0.25) is 9.59 Å². The number of ketones is 1. The number of methoxy groups -OCH3 is 2. The summed E-state index contributed by atoms with van der Waals surface area (Å²) in [7, 11) is 1.38. The number of unbranched alkanes of at least 4 members (excludes halogenated alkanes) is 2. The van der Waals surface area contributed by atoms with Crippen molar-refractivity contribution in [2.45, 2.75) is 122 Å². The van der Waals surface area contributed by atoms with E-state index >= 15 is 0 Å². The molecular formula is C29H53NO5Si. The Labute approximate surface area is 221 Å². The highest BCUT2D eigenvalue weighted by Crippen LogP contribution is 2.39. The Kier molecular flexibility index (Phi) is 14.4. The monoisotopic (exact) mass is 523 g/mol. The molecule has 6 nitrogen and oxygen atoms in total. The van der Waals surface area contributed by atoms with E-state index in [0.717, 1.165) is 12.8 Å². The van der Waals surface area contributed by atoms with Crippen molar-refractivity contribution in [3.8, 4) is 0 Å². The minimum atomic E-state index is -1.97. The Hall–Kier alpha value is -1.28. The lowest BCUT2D eigenvalue weighted by molar-refractivity contribution is -0.125. The van der Waals surface area contributed by atoms with Crippen molar-refractivity contribution in [2.75, 3.05) is 20.8 Å². The summed E-state index contributed by atoms with van der Waals surface area (Å²) in [5.74, 6) is -0.208. The Bertz CT molecular complexity index is 740. The number of carbonyl (C=O) groups is 2. The molecule has 0 heterocycles. The smallest absolute Gasteiger partial charge is 0.220 e. The molecule has 0 aromatic rings. The zero-order valence-corrected chi connectivity index (χ0v) is 25.4. The molecule has 4 atom stereocenters. The van der Waals surface area contributed by atoms with Gasteiger partial charge in [-0.2, -0.15) is 0 Å². The number of nitrogens with one attached hydrogen (secondary N) is 1. The van der Waals surface area contributed by atoms with Gasteiger partial charge in [-0.05, 0) is 43.8 Å². The predicted molar refractivity (Wildman–Crippen MR) is 151 cm³/mol. The van der Waals surface area contributed by atoms with Crippen LogP contribution in [0.15, 0.2) is 23.8 Å². The number of carbonyl (C=O) groups excluding carboxylic acids is 2. The zero-order chi connectivity index (χ0) is 27.4. The van der Waals surface area contributed by atoms with Crippen molar-refractivity contribution in [1.82, 2.24) is 5.32 Å². The van der Waals surface area contributed by atoms with Crippen LogP contribution in [0.25, 0.3) is 0 Å². The average Bonchev–Trinajstić information content (AvgIpc) is 2.81. The van der Waals surface area contributed by atoms with E-state index in [1.807, 2.05) is 13.0 Å². The second-order valence-corrected chi connectivity index (χ2v) is 16.3. The SMILES string of the molecule is CCCCC[C@@H](C/C=C/CCC(=O)NC[C@H](OC)C1=CC[C@@H](O[Si](C)(C)C(C)(C)C)[C@@H](C)C1=O)OC. The molecule has 36 heavy (non-hydrogen) atoms. The standard InChI is InChI=1S/C29H53NO5Si/c1-10-11-13-16-23(33-6)17-14-12-15-18-27(31)30-21-26(34-7)24-19-20-25(22(2)28(24)32)35-36(8,9)29(3,4)5/h12,14,19,22-23,25-26H,10-11,13,15-18,20-21H2,1-9H3,(H,30,31)/b14-12+/t22-,23+,25-,26+/m1/s1. The lowest BCUT2D eigenvalue weighted by Crippen LogP contribution is -2.48. The van der Waals surface area contributed by atoms with E-state index in [2.05, 4.69) is 58.3 Å². The number of ether oxygens (including phenoxy) is 2. The third-order valence-electron chi connectivity index (χ3n) is 7.76. The highest BCUT2D eigenvalue weighted by molar-refractivity contribution is 6.74. The van der Waals surface area contributed by atoms with Crippen LogP contribution in [-0.4, -0.2) is 59.1 Å². The van der Waals surface area contributed by atoms with Crippen molar-refractivity contribution in [2.24, 2.45) is 5.92 Å². The molecule has 1 amide bonds. The molecule has 208 valence electrons. The minimum Gasteiger partial charge on any atom is -0.413 e. The molecule has 0 aromatic carbocycles. The first kappa shape index (κ1) is 32.7. The van der Waals surface area contributed by atoms with Gasteiger partial charge in [0.05, 0.1) is 12.2 Å². The van der Waals surface area contributed by atoms with Crippen LogP contribution in [0.5, 0.6) is 0 Å². The molecule has 0 aliphatic heterocycles. The zero-order valence-electron chi connectivity index (χ0n) is 24.4. The Morgan fingerprint density at radius 3 is 2.47 bits per heavy atom. The molecule has 1 aliphatic carbocycles. The van der Waals surface area contributed by atoms with Crippen LogP contribution in [0.3, 0.4) is 0 Å². The number of rotatable bonds is 16. The van der Waals surface area contributed by atoms with Crippen LogP contribution in [0.1, 0.15) is 86.0 Å². The van der Waals surface area contributed by atoms with Crippen LogP contribution in [0.4, 0.5) is 0 Å². The second-order valence-electron chi connectivity index (χ2n) is 11.6. The summed E-state index contributed by atoms with van der Waals surface area (Å²) >= 11 is 0. The maximum absolute atomic E-state index is 13.2. The fourth-order valence-corrected chi connectivity index (χ4v) is 5.54. The summed E-state index contributed by atoms with van der Waals surface area (Å²) in [4.78, 5) is 25.6. The van der Waals surface area contributed by atoms with Crippen LogP contribution in [0.2, 0.25) is 18.1 Å². The lowest BCUT2D eigenvalue weighted by Gasteiger charge is -2.42. The Balaban J connectivity index is 2.53. The summed E-state index contributed by atoms with van der Waals surface area (Å²) in [6, 6.07) is 0. The molecule has 7 heteroatoms. The number of hydrogen-bond acceptors (Lipinski definition) is 5. The molecule has 0 saturated carbocycles. The molecule has 0 bridgehead atoms. The summed E-state index contributed by atoms with van der Waals surface area (Å²) < 4.78 is 17.7. The highest BCUT2D eigenvalue weighted by Gasteiger charge is 2.43.